The number of rotatable bonds is 3. The number of alkyl halides is 3. The fourth-order valence-corrected chi connectivity index (χ4v) is 3.94. The van der Waals surface area contributed by atoms with Crippen LogP contribution in [-0.4, -0.2) is 14.7 Å². The predicted octanol–water partition coefficient (Wildman–Crippen LogP) is 5.57. The van der Waals surface area contributed by atoms with Crippen LogP contribution in [0.4, 0.5) is 22.0 Å². The quantitative estimate of drug-likeness (QED) is 0.616. The van der Waals surface area contributed by atoms with Crippen LogP contribution in [0.1, 0.15) is 28.7 Å². The highest BCUT2D eigenvalue weighted by Gasteiger charge is 2.32. The minimum atomic E-state index is -4.48. The summed E-state index contributed by atoms with van der Waals surface area (Å²) in [7, 11) is -3.94. The Balaban J connectivity index is 2.06. The summed E-state index contributed by atoms with van der Waals surface area (Å²) in [5.74, 6) is -2.01. The van der Waals surface area contributed by atoms with E-state index in [0.29, 0.717) is 29.2 Å². The molecular formula is C20H15F5O2S. The summed E-state index contributed by atoms with van der Waals surface area (Å²) in [4.78, 5) is -0.747. The lowest BCUT2D eigenvalue weighted by Gasteiger charge is -2.15. The maximum atomic E-state index is 14.6. The summed E-state index contributed by atoms with van der Waals surface area (Å²) in [6.07, 6.45) is -0.0170. The van der Waals surface area contributed by atoms with Gasteiger partial charge in [0.1, 0.15) is 16.5 Å². The highest BCUT2D eigenvalue weighted by atomic mass is 32.2. The van der Waals surface area contributed by atoms with Crippen LogP contribution < -0.4 is 0 Å². The van der Waals surface area contributed by atoms with E-state index in [1.165, 1.54) is 19.1 Å². The number of hydrogen-bond donors (Lipinski definition) is 0. The lowest BCUT2D eigenvalue weighted by atomic mass is 9.92. The Bertz CT molecular complexity index is 1130. The molecule has 2 aromatic carbocycles. The minimum absolute atomic E-state index is 0.0104. The zero-order valence-electron chi connectivity index (χ0n) is 14.9. The summed E-state index contributed by atoms with van der Waals surface area (Å²) >= 11 is 0. The molecule has 0 radical (unpaired) electrons. The average Bonchev–Trinajstić information content (AvgIpc) is 3.03. The minimum Gasteiger partial charge on any atom is -0.224 e. The smallest absolute Gasteiger partial charge is 0.224 e. The fraction of sp³-hybridized carbons (Fsp3) is 0.200. The first-order valence-electron chi connectivity index (χ1n) is 8.18. The first-order chi connectivity index (χ1) is 12.9. The lowest BCUT2D eigenvalue weighted by Crippen LogP contribution is -2.07. The van der Waals surface area contributed by atoms with Crippen molar-refractivity contribution in [3.8, 4) is 0 Å². The van der Waals surface area contributed by atoms with Crippen LogP contribution in [0, 0.1) is 18.6 Å². The van der Waals surface area contributed by atoms with Gasteiger partial charge in [-0.1, -0.05) is 24.3 Å². The van der Waals surface area contributed by atoms with Crippen LogP contribution in [-0.2, 0) is 16.0 Å². The number of hydrogen-bond acceptors (Lipinski definition) is 2. The summed E-state index contributed by atoms with van der Waals surface area (Å²) < 4.78 is 90.8. The Morgan fingerprint density at radius 2 is 1.57 bits per heavy atom. The van der Waals surface area contributed by atoms with E-state index in [1.54, 1.807) is 12.2 Å². The van der Waals surface area contributed by atoms with Gasteiger partial charge in [0, 0.05) is 11.8 Å². The predicted molar refractivity (Wildman–Crippen MR) is 96.2 cm³/mol. The van der Waals surface area contributed by atoms with Crippen LogP contribution in [0.15, 0.2) is 47.4 Å². The van der Waals surface area contributed by atoms with Crippen molar-refractivity contribution in [1.29, 1.82) is 0 Å². The van der Waals surface area contributed by atoms with Crippen molar-refractivity contribution in [1.82, 2.24) is 0 Å². The highest BCUT2D eigenvalue weighted by Crippen LogP contribution is 2.40. The molecule has 2 aromatic rings. The molecule has 0 saturated heterocycles. The van der Waals surface area contributed by atoms with Gasteiger partial charge in [-0.25, -0.2) is 17.2 Å². The molecular weight excluding hydrogens is 399 g/mol. The van der Waals surface area contributed by atoms with Crippen molar-refractivity contribution in [2.75, 3.05) is 6.26 Å². The van der Waals surface area contributed by atoms with Crippen LogP contribution in [0.5, 0.6) is 0 Å². The van der Waals surface area contributed by atoms with Gasteiger partial charge in [-0.2, -0.15) is 13.2 Å². The summed E-state index contributed by atoms with van der Waals surface area (Å²) in [6.45, 7) is 1.33. The monoisotopic (exact) mass is 414 g/mol. The first-order valence-corrected chi connectivity index (χ1v) is 10.1. The summed E-state index contributed by atoms with van der Waals surface area (Å²) in [5.41, 5.74) is 0.289. The number of allylic oxidation sites excluding steroid dienone is 4. The van der Waals surface area contributed by atoms with Gasteiger partial charge in [-0.3, -0.25) is 0 Å². The molecule has 1 aliphatic rings. The molecule has 0 spiro atoms. The van der Waals surface area contributed by atoms with Crippen LogP contribution in [0.25, 0.3) is 11.1 Å². The number of sulfone groups is 1. The van der Waals surface area contributed by atoms with Crippen molar-refractivity contribution in [3.63, 3.8) is 0 Å². The maximum absolute atomic E-state index is 14.6. The third kappa shape index (κ3) is 3.73. The molecule has 1 aliphatic carbocycles. The molecule has 0 saturated carbocycles. The fourth-order valence-electron chi connectivity index (χ4n) is 3.21. The lowest BCUT2D eigenvalue weighted by molar-refractivity contribution is -0.138. The second-order valence-electron chi connectivity index (χ2n) is 6.53. The van der Waals surface area contributed by atoms with Crippen molar-refractivity contribution in [2.24, 2.45) is 0 Å². The van der Waals surface area contributed by atoms with E-state index in [9.17, 15) is 30.4 Å². The zero-order chi connectivity index (χ0) is 20.9. The Labute approximate surface area is 158 Å². The Morgan fingerprint density at radius 3 is 2.14 bits per heavy atom. The first kappa shape index (κ1) is 20.3. The maximum Gasteiger partial charge on any atom is 0.416 e. The number of benzene rings is 2. The van der Waals surface area contributed by atoms with E-state index >= 15 is 0 Å². The summed E-state index contributed by atoms with van der Waals surface area (Å²) in [5, 5.41) is 0. The van der Waals surface area contributed by atoms with Gasteiger partial charge >= 0.3 is 6.18 Å². The molecule has 148 valence electrons. The topological polar surface area (TPSA) is 34.1 Å². The van der Waals surface area contributed by atoms with Gasteiger partial charge in [0.2, 0.25) is 0 Å². The van der Waals surface area contributed by atoms with E-state index < -0.39 is 38.1 Å². The highest BCUT2D eigenvalue weighted by molar-refractivity contribution is 7.90. The van der Waals surface area contributed by atoms with Gasteiger partial charge in [0.15, 0.2) is 9.84 Å². The number of aryl methyl sites for hydroxylation is 1. The Morgan fingerprint density at radius 1 is 0.929 bits per heavy atom. The van der Waals surface area contributed by atoms with E-state index in [2.05, 4.69) is 0 Å². The zero-order valence-corrected chi connectivity index (χ0v) is 15.7. The van der Waals surface area contributed by atoms with Crippen LogP contribution in [0.3, 0.4) is 0 Å². The molecule has 0 fully saturated rings. The third-order valence-electron chi connectivity index (χ3n) is 4.49. The van der Waals surface area contributed by atoms with Crippen LogP contribution >= 0.6 is 0 Å². The average molecular weight is 414 g/mol. The SMILES string of the molecule is Cc1cc(C2=CCC=C2c2cc(F)c(S(C)(=O)=O)cc2F)ccc1C(F)(F)F. The van der Waals surface area contributed by atoms with E-state index in [4.69, 9.17) is 0 Å². The van der Waals surface area contributed by atoms with Crippen molar-refractivity contribution in [3.05, 3.63) is 76.4 Å². The van der Waals surface area contributed by atoms with Crippen molar-refractivity contribution in [2.45, 2.75) is 24.4 Å². The van der Waals surface area contributed by atoms with E-state index in [1.807, 2.05) is 0 Å². The van der Waals surface area contributed by atoms with Crippen molar-refractivity contribution >= 4 is 21.0 Å². The second kappa shape index (κ2) is 6.84. The molecule has 28 heavy (non-hydrogen) atoms. The molecule has 0 unspecified atom stereocenters. The summed E-state index contributed by atoms with van der Waals surface area (Å²) in [6, 6.07) is 4.99. The third-order valence-corrected chi connectivity index (χ3v) is 5.60. The molecule has 0 bridgehead atoms. The van der Waals surface area contributed by atoms with Crippen LogP contribution in [0.2, 0.25) is 0 Å². The molecule has 0 atom stereocenters. The van der Waals surface area contributed by atoms with Gasteiger partial charge in [0.25, 0.3) is 0 Å². The van der Waals surface area contributed by atoms with Gasteiger partial charge in [-0.05, 0) is 53.8 Å². The number of halogens is 5. The molecule has 0 N–H and O–H groups in total. The molecule has 0 amide bonds. The van der Waals surface area contributed by atoms with Gasteiger partial charge in [0.05, 0.1) is 5.56 Å². The molecule has 0 heterocycles. The largest absolute Gasteiger partial charge is 0.416 e. The normalized spacial score (nSPS) is 14.8. The second-order valence-corrected chi connectivity index (χ2v) is 8.52. The Hall–Kier alpha value is -2.48. The van der Waals surface area contributed by atoms with Gasteiger partial charge < -0.3 is 0 Å². The molecule has 0 aliphatic heterocycles. The van der Waals surface area contributed by atoms with Gasteiger partial charge in [-0.15, -0.1) is 0 Å². The Kier molecular flexibility index (Phi) is 4.95. The standard InChI is InChI=1S/C20H15F5O2S/c1-11-8-12(6-7-16(11)20(23,24)25)13-4-3-5-14(13)15-9-18(22)19(10-17(15)21)28(2,26)27/h4-10H,3H2,1-2H3. The molecule has 0 aromatic heterocycles. The molecule has 3 rings (SSSR count). The van der Waals surface area contributed by atoms with E-state index in [0.717, 1.165) is 18.4 Å². The van der Waals surface area contributed by atoms with Crippen molar-refractivity contribution < 1.29 is 30.4 Å². The molecule has 8 heteroatoms. The van der Waals surface area contributed by atoms with E-state index in [-0.39, 0.29) is 11.1 Å². The molecule has 2 nitrogen and oxygen atoms in total.